The number of rotatable bonds is 6. The number of hydrogen-bond acceptors (Lipinski definition) is 5. The number of primary amides is 1. The summed E-state index contributed by atoms with van der Waals surface area (Å²) in [4.78, 5) is 22.2. The molecule has 0 saturated carbocycles. The van der Waals surface area contributed by atoms with Crippen LogP contribution in [-0.2, 0) is 4.74 Å². The third-order valence-electron chi connectivity index (χ3n) is 2.59. The van der Waals surface area contributed by atoms with Gasteiger partial charge in [-0.05, 0) is 19.9 Å². The summed E-state index contributed by atoms with van der Waals surface area (Å²) in [5.74, 6) is -1.50. The molecule has 1 rings (SSSR count). The number of halogens is 2. The Morgan fingerprint density at radius 1 is 1.52 bits per heavy atom. The normalized spacial score (nSPS) is 11.9. The van der Waals surface area contributed by atoms with Gasteiger partial charge in [-0.1, -0.05) is 11.6 Å². The molecule has 1 amide bonds. The Hall–Kier alpha value is -1.86. The fourth-order valence-electron chi connectivity index (χ4n) is 1.73. The fourth-order valence-corrected chi connectivity index (χ4v) is 1.94. The van der Waals surface area contributed by atoms with E-state index in [1.807, 2.05) is 0 Å². The van der Waals surface area contributed by atoms with Crippen LogP contribution < -0.4 is 10.5 Å². The number of carbonyl (C=O) groups excluding carboxylic acids is 2. The summed E-state index contributed by atoms with van der Waals surface area (Å²) < 4.78 is 23.8. The predicted molar refractivity (Wildman–Crippen MR) is 73.1 cm³/mol. The van der Waals surface area contributed by atoms with Crippen molar-refractivity contribution in [2.45, 2.75) is 20.0 Å². The van der Waals surface area contributed by atoms with E-state index in [-0.39, 0.29) is 28.5 Å². The standard InChI is InChI=1S/C13H15ClFNO5/c1-3-20-12-7(6(2)17)4-8(14)11(15)10(12)9(18)5-21-13(16)19/h4,9,18H,3,5H2,1-2H3,(H2,16,19). The van der Waals surface area contributed by atoms with Crippen LogP contribution in [0.1, 0.15) is 35.9 Å². The Kier molecular flexibility index (Phi) is 5.92. The first-order chi connectivity index (χ1) is 9.79. The first-order valence-corrected chi connectivity index (χ1v) is 6.43. The van der Waals surface area contributed by atoms with Crippen LogP contribution in [0.3, 0.4) is 0 Å². The van der Waals surface area contributed by atoms with Crippen molar-refractivity contribution in [3.63, 3.8) is 0 Å². The zero-order valence-corrected chi connectivity index (χ0v) is 12.2. The summed E-state index contributed by atoms with van der Waals surface area (Å²) >= 11 is 5.72. The topological polar surface area (TPSA) is 98.8 Å². The molecular formula is C13H15ClFNO5. The number of hydrogen-bond donors (Lipinski definition) is 2. The van der Waals surface area contributed by atoms with Crippen molar-refractivity contribution in [3.8, 4) is 5.75 Å². The average Bonchev–Trinajstić information content (AvgIpc) is 2.40. The van der Waals surface area contributed by atoms with Gasteiger partial charge in [-0.25, -0.2) is 9.18 Å². The minimum Gasteiger partial charge on any atom is -0.493 e. The Balaban J connectivity index is 3.38. The van der Waals surface area contributed by atoms with E-state index in [2.05, 4.69) is 4.74 Å². The maximum Gasteiger partial charge on any atom is 0.404 e. The van der Waals surface area contributed by atoms with E-state index < -0.39 is 30.4 Å². The Morgan fingerprint density at radius 3 is 2.62 bits per heavy atom. The Bertz CT molecular complexity index is 564. The fraction of sp³-hybridized carbons (Fsp3) is 0.385. The van der Waals surface area contributed by atoms with Gasteiger partial charge in [0.15, 0.2) is 11.6 Å². The van der Waals surface area contributed by atoms with Crippen LogP contribution >= 0.6 is 11.6 Å². The van der Waals surface area contributed by atoms with Crippen LogP contribution in [0, 0.1) is 5.82 Å². The molecule has 1 aromatic carbocycles. The third-order valence-corrected chi connectivity index (χ3v) is 2.87. The van der Waals surface area contributed by atoms with Gasteiger partial charge >= 0.3 is 6.09 Å². The van der Waals surface area contributed by atoms with Crippen molar-refractivity contribution in [1.29, 1.82) is 0 Å². The van der Waals surface area contributed by atoms with Crippen LogP contribution in [-0.4, -0.2) is 30.2 Å². The van der Waals surface area contributed by atoms with Crippen LogP contribution in [0.15, 0.2) is 6.07 Å². The molecule has 0 aliphatic heterocycles. The van der Waals surface area contributed by atoms with Crippen molar-refractivity contribution in [2.75, 3.05) is 13.2 Å². The molecule has 0 radical (unpaired) electrons. The molecule has 1 atom stereocenters. The summed E-state index contributed by atoms with van der Waals surface area (Å²) in [6.45, 7) is 2.43. The highest BCUT2D eigenvalue weighted by Gasteiger charge is 2.26. The SMILES string of the molecule is CCOc1c(C(C)=O)cc(Cl)c(F)c1C(O)COC(N)=O. The number of aliphatic hydroxyl groups is 1. The van der Waals surface area contributed by atoms with Crippen molar-refractivity contribution in [1.82, 2.24) is 0 Å². The number of Topliss-reactive ketones (excluding diaryl/α,β-unsaturated/α-hetero) is 1. The molecule has 0 spiro atoms. The van der Waals surface area contributed by atoms with Crippen molar-refractivity contribution < 1.29 is 28.6 Å². The third kappa shape index (κ3) is 4.05. The minimum absolute atomic E-state index is 0.0244. The van der Waals surface area contributed by atoms with Crippen LogP contribution in [0.4, 0.5) is 9.18 Å². The molecule has 116 valence electrons. The highest BCUT2D eigenvalue weighted by atomic mass is 35.5. The van der Waals surface area contributed by atoms with Gasteiger partial charge in [0.1, 0.15) is 18.5 Å². The summed E-state index contributed by atoms with van der Waals surface area (Å²) in [6.07, 6.45) is -2.70. The Morgan fingerprint density at radius 2 is 2.14 bits per heavy atom. The molecule has 0 aliphatic rings. The maximum atomic E-state index is 14.1. The van der Waals surface area contributed by atoms with Crippen LogP contribution in [0.25, 0.3) is 0 Å². The van der Waals surface area contributed by atoms with Crippen molar-refractivity contribution in [3.05, 3.63) is 28.0 Å². The highest BCUT2D eigenvalue weighted by Crippen LogP contribution is 2.36. The summed E-state index contributed by atoms with van der Waals surface area (Å²) in [7, 11) is 0. The largest absolute Gasteiger partial charge is 0.493 e. The molecule has 0 aliphatic carbocycles. The molecule has 0 bridgehead atoms. The van der Waals surface area contributed by atoms with Crippen molar-refractivity contribution >= 4 is 23.5 Å². The van der Waals surface area contributed by atoms with Gasteiger partial charge in [0, 0.05) is 0 Å². The molecule has 3 N–H and O–H groups in total. The van der Waals surface area contributed by atoms with Gasteiger partial charge in [0.05, 0.1) is 22.8 Å². The Labute approximate surface area is 125 Å². The molecular weight excluding hydrogens is 305 g/mol. The van der Waals surface area contributed by atoms with E-state index in [9.17, 15) is 19.1 Å². The number of ether oxygens (including phenoxy) is 2. The number of aliphatic hydroxyl groups excluding tert-OH is 1. The average molecular weight is 320 g/mol. The second-order valence-electron chi connectivity index (χ2n) is 4.10. The van der Waals surface area contributed by atoms with Gasteiger partial charge in [-0.3, -0.25) is 4.79 Å². The summed E-state index contributed by atoms with van der Waals surface area (Å²) in [5, 5.41) is 9.62. The van der Waals surface area contributed by atoms with Gasteiger partial charge in [-0.15, -0.1) is 0 Å². The lowest BCUT2D eigenvalue weighted by Crippen LogP contribution is -2.19. The monoisotopic (exact) mass is 319 g/mol. The molecule has 21 heavy (non-hydrogen) atoms. The lowest BCUT2D eigenvalue weighted by molar-refractivity contribution is 0.0685. The van der Waals surface area contributed by atoms with Gasteiger partial charge in [-0.2, -0.15) is 0 Å². The molecule has 1 unspecified atom stereocenters. The number of carbonyl (C=O) groups is 2. The lowest BCUT2D eigenvalue weighted by atomic mass is 10.0. The molecule has 6 nitrogen and oxygen atoms in total. The van der Waals surface area contributed by atoms with Gasteiger partial charge in [0.2, 0.25) is 0 Å². The second kappa shape index (κ2) is 7.24. The second-order valence-corrected chi connectivity index (χ2v) is 4.50. The quantitative estimate of drug-likeness (QED) is 0.783. The smallest absolute Gasteiger partial charge is 0.404 e. The van der Waals surface area contributed by atoms with Crippen LogP contribution in [0.2, 0.25) is 5.02 Å². The van der Waals surface area contributed by atoms with E-state index in [0.717, 1.165) is 6.07 Å². The van der Waals surface area contributed by atoms with E-state index in [0.29, 0.717) is 0 Å². The van der Waals surface area contributed by atoms with Gasteiger partial charge in [0.25, 0.3) is 0 Å². The zero-order valence-electron chi connectivity index (χ0n) is 11.5. The van der Waals surface area contributed by atoms with E-state index in [1.165, 1.54) is 6.92 Å². The molecule has 0 fully saturated rings. The van der Waals surface area contributed by atoms with Crippen LogP contribution in [0.5, 0.6) is 5.75 Å². The predicted octanol–water partition coefficient (Wildman–Crippen LogP) is 2.21. The molecule has 0 aromatic heterocycles. The number of ketones is 1. The molecule has 8 heteroatoms. The minimum atomic E-state index is -1.57. The number of amides is 1. The van der Waals surface area contributed by atoms with Gasteiger partial charge < -0.3 is 20.3 Å². The molecule has 0 saturated heterocycles. The summed E-state index contributed by atoms with van der Waals surface area (Å²) in [5.41, 5.74) is 4.46. The maximum absolute atomic E-state index is 14.1. The van der Waals surface area contributed by atoms with Crippen molar-refractivity contribution in [2.24, 2.45) is 5.73 Å². The highest BCUT2D eigenvalue weighted by molar-refractivity contribution is 6.31. The lowest BCUT2D eigenvalue weighted by Gasteiger charge is -2.19. The number of nitrogens with two attached hydrogens (primary N) is 1. The summed E-state index contributed by atoms with van der Waals surface area (Å²) in [6, 6.07) is 1.12. The van der Waals surface area contributed by atoms with E-state index >= 15 is 0 Å². The first kappa shape index (κ1) is 17.2. The van der Waals surface area contributed by atoms with E-state index in [4.69, 9.17) is 22.1 Å². The molecule has 0 heterocycles. The first-order valence-electron chi connectivity index (χ1n) is 6.05. The molecule has 1 aromatic rings. The zero-order chi connectivity index (χ0) is 16.2. The number of benzene rings is 1. The van der Waals surface area contributed by atoms with E-state index in [1.54, 1.807) is 6.92 Å².